The summed E-state index contributed by atoms with van der Waals surface area (Å²) >= 11 is 0. The number of carboxylic acids is 1. The van der Waals surface area contributed by atoms with Gasteiger partial charge in [-0.05, 0) is 12.8 Å². The quantitative estimate of drug-likeness (QED) is 0.292. The number of amides is 1. The molecule has 0 fully saturated rings. The predicted octanol–water partition coefficient (Wildman–Crippen LogP) is 1.53. The van der Waals surface area contributed by atoms with Crippen molar-refractivity contribution in [2.45, 2.75) is 45.4 Å². The molecule has 0 radical (unpaired) electrons. The Kier molecular flexibility index (Phi) is 8.33. The topological polar surface area (TPSA) is 78.8 Å². The van der Waals surface area contributed by atoms with Crippen LogP contribution in [0.25, 0.3) is 0 Å². The van der Waals surface area contributed by atoms with Gasteiger partial charge in [-0.15, -0.1) is 0 Å². The van der Waals surface area contributed by atoms with Gasteiger partial charge < -0.3 is 5.11 Å². The summed E-state index contributed by atoms with van der Waals surface area (Å²) in [5, 5.41) is 11.7. The Labute approximate surface area is 89.6 Å². The van der Waals surface area contributed by atoms with Gasteiger partial charge in [0.2, 0.25) is 0 Å². The van der Waals surface area contributed by atoms with Gasteiger partial charge in [0.05, 0.1) is 0 Å². The molecule has 15 heavy (non-hydrogen) atoms. The normalized spacial score (nSPS) is 10.5. The Morgan fingerprint density at radius 3 is 2.53 bits per heavy atom. The van der Waals surface area contributed by atoms with E-state index >= 15 is 0 Å². The largest absolute Gasteiger partial charge is 0.474 e. The smallest absolute Gasteiger partial charge is 0.396 e. The van der Waals surface area contributed by atoms with Crippen molar-refractivity contribution in [3.63, 3.8) is 0 Å². The molecule has 0 aromatic heterocycles. The van der Waals surface area contributed by atoms with E-state index in [-0.39, 0.29) is 0 Å². The van der Waals surface area contributed by atoms with Crippen molar-refractivity contribution in [1.82, 2.24) is 5.43 Å². The first-order chi connectivity index (χ1) is 7.18. The van der Waals surface area contributed by atoms with E-state index in [1.54, 1.807) is 0 Å². The van der Waals surface area contributed by atoms with E-state index in [0.717, 1.165) is 19.3 Å². The monoisotopic (exact) mass is 214 g/mol. The van der Waals surface area contributed by atoms with Crippen molar-refractivity contribution < 1.29 is 14.7 Å². The number of hydrazone groups is 1. The van der Waals surface area contributed by atoms with Gasteiger partial charge in [0, 0.05) is 6.21 Å². The average molecular weight is 214 g/mol. The number of rotatable bonds is 7. The lowest BCUT2D eigenvalue weighted by atomic mass is 10.1. The number of carbonyl (C=O) groups is 2. The minimum atomic E-state index is -1.52. The highest BCUT2D eigenvalue weighted by molar-refractivity contribution is 6.31. The third-order valence-electron chi connectivity index (χ3n) is 1.89. The Balaban J connectivity index is 3.32. The number of aliphatic carboxylic acids is 1. The molecule has 2 N–H and O–H groups in total. The first-order valence-electron chi connectivity index (χ1n) is 5.23. The van der Waals surface area contributed by atoms with Crippen molar-refractivity contribution in [2.75, 3.05) is 0 Å². The van der Waals surface area contributed by atoms with Gasteiger partial charge in [-0.2, -0.15) is 5.10 Å². The summed E-state index contributed by atoms with van der Waals surface area (Å²) in [5.74, 6) is -2.62. The lowest BCUT2D eigenvalue weighted by Gasteiger charge is -1.96. The zero-order valence-electron chi connectivity index (χ0n) is 9.03. The lowest BCUT2D eigenvalue weighted by Crippen LogP contribution is -2.26. The number of nitrogens with one attached hydrogen (secondary N) is 1. The summed E-state index contributed by atoms with van der Waals surface area (Å²) in [6.45, 7) is 2.16. The van der Waals surface area contributed by atoms with Gasteiger partial charge in [-0.3, -0.25) is 4.79 Å². The van der Waals surface area contributed by atoms with Crippen molar-refractivity contribution in [3.8, 4) is 0 Å². The van der Waals surface area contributed by atoms with Gasteiger partial charge in [0.25, 0.3) is 0 Å². The fraction of sp³-hybridized carbons (Fsp3) is 0.700. The van der Waals surface area contributed by atoms with Crippen LogP contribution in [0.5, 0.6) is 0 Å². The van der Waals surface area contributed by atoms with Crippen LogP contribution in [0.15, 0.2) is 5.10 Å². The lowest BCUT2D eigenvalue weighted by molar-refractivity contribution is -0.150. The highest BCUT2D eigenvalue weighted by atomic mass is 16.4. The van der Waals surface area contributed by atoms with E-state index in [4.69, 9.17) is 5.11 Å². The standard InChI is InChI=1S/C10H18N2O3/c1-2-3-4-5-6-7-8-11-12-9(13)10(14)15/h8H,2-7H2,1H3,(H,12,13)(H,14,15)/b11-8+. The van der Waals surface area contributed by atoms with Gasteiger partial charge >= 0.3 is 11.9 Å². The molecular formula is C10H18N2O3. The maximum absolute atomic E-state index is 10.5. The molecule has 0 heterocycles. The number of nitrogens with zero attached hydrogens (tertiary/aromatic N) is 1. The van der Waals surface area contributed by atoms with E-state index in [9.17, 15) is 9.59 Å². The molecule has 0 aromatic rings. The summed E-state index contributed by atoms with van der Waals surface area (Å²) in [6.07, 6.45) is 8.14. The van der Waals surface area contributed by atoms with Crippen molar-refractivity contribution >= 4 is 18.1 Å². The molecule has 0 aliphatic carbocycles. The number of unbranched alkanes of at least 4 members (excludes halogenated alkanes) is 5. The Morgan fingerprint density at radius 1 is 1.27 bits per heavy atom. The van der Waals surface area contributed by atoms with Crippen LogP contribution in [0.2, 0.25) is 0 Å². The summed E-state index contributed by atoms with van der Waals surface area (Å²) in [7, 11) is 0. The third-order valence-corrected chi connectivity index (χ3v) is 1.89. The second-order valence-corrected chi connectivity index (χ2v) is 3.26. The van der Waals surface area contributed by atoms with E-state index in [2.05, 4.69) is 12.0 Å². The summed E-state index contributed by atoms with van der Waals surface area (Å²) in [6, 6.07) is 0. The molecule has 0 atom stereocenters. The number of hydrogen-bond acceptors (Lipinski definition) is 3. The van der Waals surface area contributed by atoms with Crippen molar-refractivity contribution in [2.24, 2.45) is 5.10 Å². The molecule has 0 rings (SSSR count). The first kappa shape index (κ1) is 13.6. The fourth-order valence-corrected chi connectivity index (χ4v) is 1.06. The van der Waals surface area contributed by atoms with Crippen LogP contribution >= 0.6 is 0 Å². The van der Waals surface area contributed by atoms with E-state index in [1.807, 2.05) is 5.43 Å². The van der Waals surface area contributed by atoms with Crippen LogP contribution in [0.1, 0.15) is 45.4 Å². The maximum Gasteiger partial charge on any atom is 0.396 e. The molecule has 0 aliphatic heterocycles. The van der Waals surface area contributed by atoms with Crippen LogP contribution in [-0.4, -0.2) is 23.2 Å². The number of carbonyl (C=O) groups excluding carboxylic acids is 1. The van der Waals surface area contributed by atoms with Gasteiger partial charge in [-0.1, -0.05) is 32.6 Å². The molecule has 5 heteroatoms. The molecule has 0 unspecified atom stereocenters. The van der Waals surface area contributed by atoms with Crippen LogP contribution in [0, 0.1) is 0 Å². The van der Waals surface area contributed by atoms with Crippen LogP contribution in [0.4, 0.5) is 0 Å². The van der Waals surface area contributed by atoms with E-state index in [1.165, 1.54) is 25.5 Å². The minimum Gasteiger partial charge on any atom is -0.474 e. The third kappa shape index (κ3) is 8.93. The van der Waals surface area contributed by atoms with Gasteiger partial charge in [0.15, 0.2) is 0 Å². The minimum absolute atomic E-state index is 0.767. The van der Waals surface area contributed by atoms with E-state index in [0.29, 0.717) is 0 Å². The fourth-order valence-electron chi connectivity index (χ4n) is 1.06. The van der Waals surface area contributed by atoms with Crippen LogP contribution in [0.3, 0.4) is 0 Å². The van der Waals surface area contributed by atoms with E-state index < -0.39 is 11.9 Å². The highest BCUT2D eigenvalue weighted by Crippen LogP contribution is 2.03. The van der Waals surface area contributed by atoms with Crippen LogP contribution < -0.4 is 5.43 Å². The zero-order chi connectivity index (χ0) is 11.5. The Morgan fingerprint density at radius 2 is 1.93 bits per heavy atom. The highest BCUT2D eigenvalue weighted by Gasteiger charge is 2.07. The summed E-state index contributed by atoms with van der Waals surface area (Å²) in [4.78, 5) is 20.5. The zero-order valence-corrected chi connectivity index (χ0v) is 9.03. The predicted molar refractivity (Wildman–Crippen MR) is 57.6 cm³/mol. The molecule has 0 aromatic carbocycles. The van der Waals surface area contributed by atoms with Gasteiger partial charge in [-0.25, -0.2) is 10.2 Å². The van der Waals surface area contributed by atoms with Crippen molar-refractivity contribution in [1.29, 1.82) is 0 Å². The van der Waals surface area contributed by atoms with Crippen molar-refractivity contribution in [3.05, 3.63) is 0 Å². The molecule has 1 amide bonds. The summed E-state index contributed by atoms with van der Waals surface area (Å²) < 4.78 is 0. The SMILES string of the molecule is CCCCCCC/C=N/NC(=O)C(=O)O. The molecule has 5 nitrogen and oxygen atoms in total. The molecule has 0 saturated carbocycles. The molecule has 86 valence electrons. The number of carboxylic acid groups (broad SMARTS) is 1. The second-order valence-electron chi connectivity index (χ2n) is 3.26. The number of hydrogen-bond donors (Lipinski definition) is 2. The first-order valence-corrected chi connectivity index (χ1v) is 5.23. The molecule has 0 aliphatic rings. The average Bonchev–Trinajstić information content (AvgIpc) is 2.21. The molecule has 0 spiro atoms. The Bertz CT molecular complexity index is 227. The molecular weight excluding hydrogens is 196 g/mol. The Hall–Kier alpha value is -1.39. The second kappa shape index (κ2) is 9.18. The maximum atomic E-state index is 10.5. The van der Waals surface area contributed by atoms with Gasteiger partial charge in [0.1, 0.15) is 0 Å². The summed E-state index contributed by atoms with van der Waals surface area (Å²) in [5.41, 5.74) is 1.92. The molecule has 0 saturated heterocycles. The molecule has 0 bridgehead atoms. The van der Waals surface area contributed by atoms with Crippen LogP contribution in [-0.2, 0) is 9.59 Å².